The molecule has 38 heavy (non-hydrogen) atoms. The van der Waals surface area contributed by atoms with Gasteiger partial charge in [-0.25, -0.2) is 0 Å². The minimum Gasteiger partial charge on any atom is -0.451 e. The Labute approximate surface area is 225 Å². The second-order valence-corrected chi connectivity index (χ2v) is 11.9. The summed E-state index contributed by atoms with van der Waals surface area (Å²) >= 11 is 0. The quantitative estimate of drug-likeness (QED) is 0.419. The predicted molar refractivity (Wildman–Crippen MR) is 146 cm³/mol. The van der Waals surface area contributed by atoms with E-state index in [2.05, 4.69) is 36.1 Å². The topological polar surface area (TPSA) is 98.9 Å². The molecule has 2 saturated carbocycles. The first-order valence-electron chi connectivity index (χ1n) is 13.9. The third kappa shape index (κ3) is 4.24. The van der Waals surface area contributed by atoms with Crippen LogP contribution in [0.1, 0.15) is 70.3 Å². The van der Waals surface area contributed by atoms with Crippen LogP contribution < -0.4 is 10.6 Å². The van der Waals surface area contributed by atoms with Gasteiger partial charge in [-0.3, -0.25) is 14.4 Å². The summed E-state index contributed by atoms with van der Waals surface area (Å²) in [6, 6.07) is 8.68. The summed E-state index contributed by atoms with van der Waals surface area (Å²) in [6.45, 7) is 3.32. The number of allylic oxidation sites excluding steroid dienone is 4. The molecular weight excluding hydrogens is 480 g/mol. The molecule has 5 rings (SSSR count). The Kier molecular flexibility index (Phi) is 7.12. The van der Waals surface area contributed by atoms with Gasteiger partial charge in [0.2, 0.25) is 5.78 Å². The van der Waals surface area contributed by atoms with E-state index in [0.29, 0.717) is 19.3 Å². The first kappa shape index (κ1) is 26.8. The van der Waals surface area contributed by atoms with Crippen LogP contribution in [-0.2, 0) is 23.9 Å². The van der Waals surface area contributed by atoms with Gasteiger partial charge in [-0.15, -0.1) is 0 Å². The van der Waals surface area contributed by atoms with Crippen LogP contribution in [0.2, 0.25) is 0 Å². The van der Waals surface area contributed by atoms with Crippen LogP contribution in [0.15, 0.2) is 47.1 Å². The minimum atomic E-state index is -1.24. The first-order valence-corrected chi connectivity index (χ1v) is 13.9. The molecule has 3 unspecified atom stereocenters. The fourth-order valence-corrected chi connectivity index (χ4v) is 8.15. The number of carbonyl (C=O) groups excluding carboxylic acids is 3. The van der Waals surface area contributed by atoms with Crippen molar-refractivity contribution in [3.63, 3.8) is 0 Å². The maximum absolute atomic E-state index is 13.8. The Morgan fingerprint density at radius 3 is 2.50 bits per heavy atom. The zero-order valence-corrected chi connectivity index (χ0v) is 23.0. The smallest absolute Gasteiger partial charge is 0.303 e. The molecule has 2 fully saturated rings. The number of ether oxygens (including phenoxy) is 2. The van der Waals surface area contributed by atoms with Crippen molar-refractivity contribution >= 4 is 23.2 Å². The molecule has 1 aromatic rings. The molecule has 7 heteroatoms. The number of carbonyl (C=O) groups is 3. The monoisotopic (exact) mass is 520 g/mol. The highest BCUT2D eigenvalue weighted by Gasteiger charge is 2.68. The highest BCUT2D eigenvalue weighted by atomic mass is 16.6. The van der Waals surface area contributed by atoms with Crippen molar-refractivity contribution in [2.45, 2.75) is 70.3 Å². The molecule has 0 amide bonds. The largest absolute Gasteiger partial charge is 0.451 e. The molecule has 0 bridgehead atoms. The average Bonchev–Trinajstić information content (AvgIpc) is 3.18. The Bertz CT molecular complexity index is 1200. The van der Waals surface area contributed by atoms with Crippen molar-refractivity contribution < 1.29 is 23.9 Å². The van der Waals surface area contributed by atoms with Crippen molar-refractivity contribution in [1.29, 1.82) is 0 Å². The van der Waals surface area contributed by atoms with Gasteiger partial charge in [0.1, 0.15) is 6.61 Å². The van der Waals surface area contributed by atoms with E-state index >= 15 is 0 Å². The fraction of sp³-hybridized carbons (Fsp3) is 0.581. The van der Waals surface area contributed by atoms with Crippen LogP contribution in [0, 0.1) is 17.3 Å². The molecule has 0 spiro atoms. The molecule has 7 nitrogen and oxygen atoms in total. The highest BCUT2D eigenvalue weighted by Crippen LogP contribution is 2.67. The molecule has 0 saturated heterocycles. The van der Waals surface area contributed by atoms with Gasteiger partial charge in [0.05, 0.1) is 6.73 Å². The number of fused-ring (bicyclic) bond motifs is 4. The second-order valence-electron chi connectivity index (χ2n) is 11.9. The normalized spacial score (nSPS) is 32.2. The molecule has 204 valence electrons. The number of Topliss-reactive ketones (excluding diaryl/α,β-unsaturated/α-hetero) is 1. The zero-order chi connectivity index (χ0) is 27.2. The van der Waals surface area contributed by atoms with Gasteiger partial charge < -0.3 is 20.1 Å². The van der Waals surface area contributed by atoms with E-state index in [0.717, 1.165) is 31.4 Å². The van der Waals surface area contributed by atoms with Gasteiger partial charge in [0.15, 0.2) is 11.4 Å². The fourth-order valence-electron chi connectivity index (χ4n) is 8.15. The lowest BCUT2D eigenvalue weighted by Crippen LogP contribution is -2.58. The van der Waals surface area contributed by atoms with E-state index in [1.807, 2.05) is 20.2 Å². The van der Waals surface area contributed by atoms with E-state index in [1.54, 1.807) is 0 Å². The van der Waals surface area contributed by atoms with E-state index in [4.69, 9.17) is 15.2 Å². The number of nitrogens with zero attached hydrogens (tertiary/aromatic N) is 1. The summed E-state index contributed by atoms with van der Waals surface area (Å²) in [5.41, 5.74) is 10.1. The van der Waals surface area contributed by atoms with Gasteiger partial charge in [-0.2, -0.15) is 0 Å². The van der Waals surface area contributed by atoms with Crippen molar-refractivity contribution in [1.82, 2.24) is 0 Å². The second kappa shape index (κ2) is 10.1. The number of hydrogen-bond donors (Lipinski definition) is 1. The lowest BCUT2D eigenvalue weighted by molar-refractivity contribution is -0.185. The Hall–Kier alpha value is -2.77. The number of nitrogens with two attached hydrogens (primary N) is 1. The Morgan fingerprint density at radius 2 is 1.84 bits per heavy atom. The molecule has 2 N–H and O–H groups in total. The van der Waals surface area contributed by atoms with Crippen LogP contribution in [-0.4, -0.2) is 50.6 Å². The van der Waals surface area contributed by atoms with Crippen LogP contribution >= 0.6 is 0 Å². The van der Waals surface area contributed by atoms with Gasteiger partial charge >= 0.3 is 5.97 Å². The number of ketones is 2. The summed E-state index contributed by atoms with van der Waals surface area (Å²) < 4.78 is 11.4. The maximum Gasteiger partial charge on any atom is 0.303 e. The molecule has 1 aromatic carbocycles. The van der Waals surface area contributed by atoms with Gasteiger partial charge in [0, 0.05) is 44.5 Å². The SMILES string of the molecule is CC(=O)O[C@]1(C(=O)COCN)CCC2C3CCC4=CC(=O)CCC4=C3C(c3ccc(N(C)C)cc3)C[C@@]21C. The van der Waals surface area contributed by atoms with Crippen molar-refractivity contribution in [2.75, 3.05) is 32.3 Å². The van der Waals surface area contributed by atoms with Gasteiger partial charge in [-0.05, 0) is 85.3 Å². The summed E-state index contributed by atoms with van der Waals surface area (Å²) in [5.74, 6) is 0.122. The molecule has 0 aliphatic heterocycles. The molecule has 0 aromatic heterocycles. The highest BCUT2D eigenvalue weighted by molar-refractivity contribution is 5.93. The van der Waals surface area contributed by atoms with Crippen LogP contribution in [0.4, 0.5) is 5.69 Å². The van der Waals surface area contributed by atoms with Crippen LogP contribution in [0.3, 0.4) is 0 Å². The first-order chi connectivity index (χ1) is 18.1. The van der Waals surface area contributed by atoms with Crippen molar-refractivity contribution in [2.24, 2.45) is 23.0 Å². The summed E-state index contributed by atoms with van der Waals surface area (Å²) in [5, 5.41) is 0. The van der Waals surface area contributed by atoms with E-state index in [1.165, 1.54) is 29.2 Å². The number of benzene rings is 1. The van der Waals surface area contributed by atoms with E-state index in [-0.39, 0.29) is 42.7 Å². The number of rotatable bonds is 7. The minimum absolute atomic E-state index is 0.0599. The zero-order valence-electron chi connectivity index (χ0n) is 23.0. The molecule has 4 aliphatic carbocycles. The standard InChI is InChI=1S/C31H40N2O5/c1-19(34)38-31(28(36)17-37-18-32)14-13-27-25-11-7-21-15-23(35)10-12-24(21)29(25)26(16-30(27,31)2)20-5-8-22(9-6-20)33(3)4/h5-6,8-9,15,25-27H,7,10-14,16-18,32H2,1-4H3/t25?,26?,27?,30-,31-/m0/s1. The Balaban J connectivity index is 1.66. The molecule has 5 atom stereocenters. The number of anilines is 1. The third-order valence-corrected chi connectivity index (χ3v) is 9.79. The summed E-state index contributed by atoms with van der Waals surface area (Å²) in [6.07, 6.45) is 7.01. The number of esters is 1. The number of hydrogen-bond acceptors (Lipinski definition) is 7. The predicted octanol–water partition coefficient (Wildman–Crippen LogP) is 4.46. The average molecular weight is 521 g/mol. The van der Waals surface area contributed by atoms with Crippen LogP contribution in [0.25, 0.3) is 0 Å². The summed E-state index contributed by atoms with van der Waals surface area (Å²) in [7, 11) is 4.06. The molecule has 0 radical (unpaired) electrons. The molecule has 4 aliphatic rings. The van der Waals surface area contributed by atoms with E-state index < -0.39 is 17.0 Å². The van der Waals surface area contributed by atoms with Gasteiger partial charge in [-0.1, -0.05) is 24.6 Å². The van der Waals surface area contributed by atoms with Crippen molar-refractivity contribution in [3.8, 4) is 0 Å². The lowest BCUT2D eigenvalue weighted by Gasteiger charge is -2.55. The Morgan fingerprint density at radius 1 is 1.11 bits per heavy atom. The third-order valence-electron chi connectivity index (χ3n) is 9.79. The lowest BCUT2D eigenvalue weighted by atomic mass is 9.50. The van der Waals surface area contributed by atoms with Crippen molar-refractivity contribution in [3.05, 3.63) is 52.6 Å². The summed E-state index contributed by atoms with van der Waals surface area (Å²) in [4.78, 5) is 40.6. The molecule has 0 heterocycles. The van der Waals surface area contributed by atoms with E-state index in [9.17, 15) is 14.4 Å². The van der Waals surface area contributed by atoms with Gasteiger partial charge in [0.25, 0.3) is 0 Å². The molecular formula is C31H40N2O5. The van der Waals surface area contributed by atoms with Crippen LogP contribution in [0.5, 0.6) is 0 Å². The maximum atomic E-state index is 13.8.